The second-order valence-corrected chi connectivity index (χ2v) is 4.15. The van der Waals surface area contributed by atoms with E-state index in [9.17, 15) is 4.79 Å². The molecule has 0 saturated heterocycles. The van der Waals surface area contributed by atoms with E-state index in [2.05, 4.69) is 6.08 Å². The van der Waals surface area contributed by atoms with Gasteiger partial charge in [0.1, 0.15) is 6.29 Å². The second-order valence-electron chi connectivity index (χ2n) is 4.15. The minimum Gasteiger partial charge on any atom is -0.399 e. The smallest absolute Gasteiger partial charge is 0.150 e. The Bertz CT molecular complexity index is 641. The molecule has 0 bridgehead atoms. The normalized spacial score (nSPS) is 12.4. The third kappa shape index (κ3) is 1.54. The van der Waals surface area contributed by atoms with Crippen LogP contribution < -0.4 is 5.73 Å². The van der Waals surface area contributed by atoms with Gasteiger partial charge in [0.05, 0.1) is 0 Å². The van der Waals surface area contributed by atoms with E-state index >= 15 is 0 Å². The molecule has 0 radical (unpaired) electrons. The average Bonchev–Trinajstić information content (AvgIpc) is 2.31. The monoisotopic (exact) mass is 221 g/mol. The van der Waals surface area contributed by atoms with Crippen molar-refractivity contribution in [3.8, 4) is 0 Å². The molecule has 2 aromatic carbocycles. The fourth-order valence-corrected chi connectivity index (χ4v) is 2.12. The van der Waals surface area contributed by atoms with Gasteiger partial charge in [0.2, 0.25) is 0 Å². The molecule has 0 saturated carbocycles. The molecule has 0 aliphatic heterocycles. The van der Waals surface area contributed by atoms with E-state index in [-0.39, 0.29) is 0 Å². The first kappa shape index (κ1) is 9.85. The number of hydrogen-bond acceptors (Lipinski definition) is 2. The maximum atomic E-state index is 10.7. The highest BCUT2D eigenvalue weighted by molar-refractivity contribution is 6.04. The summed E-state index contributed by atoms with van der Waals surface area (Å²) in [5.74, 6) is 0. The maximum Gasteiger partial charge on any atom is 0.150 e. The number of benzene rings is 2. The highest BCUT2D eigenvalue weighted by atomic mass is 16.1. The molecule has 2 heteroatoms. The van der Waals surface area contributed by atoms with Gasteiger partial charge in [-0.25, -0.2) is 0 Å². The van der Waals surface area contributed by atoms with E-state index in [1.165, 1.54) is 11.1 Å². The minimum absolute atomic E-state index is 0.714. The van der Waals surface area contributed by atoms with Crippen molar-refractivity contribution in [1.82, 2.24) is 0 Å². The molecule has 1 aliphatic carbocycles. The number of fused-ring (bicyclic) bond motifs is 1. The quantitative estimate of drug-likeness (QED) is 0.534. The Balaban J connectivity index is 2.02. The van der Waals surface area contributed by atoms with Gasteiger partial charge < -0.3 is 5.73 Å². The molecule has 2 aromatic rings. The molecule has 17 heavy (non-hydrogen) atoms. The van der Waals surface area contributed by atoms with Gasteiger partial charge in [-0.05, 0) is 46.5 Å². The van der Waals surface area contributed by atoms with Crippen LogP contribution in [0.4, 0.5) is 5.69 Å². The van der Waals surface area contributed by atoms with Gasteiger partial charge in [-0.3, -0.25) is 4.79 Å². The molecule has 3 rings (SSSR count). The molecule has 82 valence electrons. The van der Waals surface area contributed by atoms with Crippen molar-refractivity contribution in [2.45, 2.75) is 0 Å². The van der Waals surface area contributed by atoms with Crippen molar-refractivity contribution >= 4 is 23.6 Å². The van der Waals surface area contributed by atoms with E-state index < -0.39 is 0 Å². The highest BCUT2D eigenvalue weighted by Crippen LogP contribution is 2.38. The van der Waals surface area contributed by atoms with Crippen molar-refractivity contribution in [3.05, 3.63) is 64.7 Å². The lowest BCUT2D eigenvalue weighted by molar-refractivity contribution is 0.112. The standard InChI is InChI=1S/C15H11NO/c16-13-3-1-2-11(7-13)15-8-12-6-10(9-17)4-5-14(12)15/h1-9H,16H2. The lowest BCUT2D eigenvalue weighted by Crippen LogP contribution is -2.01. The zero-order valence-corrected chi connectivity index (χ0v) is 9.18. The lowest BCUT2D eigenvalue weighted by Gasteiger charge is -2.20. The zero-order chi connectivity index (χ0) is 11.8. The summed E-state index contributed by atoms with van der Waals surface area (Å²) in [6.07, 6.45) is 2.95. The lowest BCUT2D eigenvalue weighted by atomic mass is 9.83. The van der Waals surface area contributed by atoms with Crippen molar-refractivity contribution < 1.29 is 4.79 Å². The van der Waals surface area contributed by atoms with Gasteiger partial charge in [0, 0.05) is 11.3 Å². The molecular weight excluding hydrogens is 210 g/mol. The Morgan fingerprint density at radius 1 is 1.06 bits per heavy atom. The molecule has 1 aliphatic rings. The first-order chi connectivity index (χ1) is 8.28. The van der Waals surface area contributed by atoms with Crippen LogP contribution in [0.5, 0.6) is 0 Å². The summed E-state index contributed by atoms with van der Waals surface area (Å²) in [5.41, 5.74) is 11.9. The van der Waals surface area contributed by atoms with E-state index in [4.69, 9.17) is 5.73 Å². The molecular formula is C15H11NO. The van der Waals surface area contributed by atoms with E-state index in [0.717, 1.165) is 23.1 Å². The number of rotatable bonds is 2. The van der Waals surface area contributed by atoms with E-state index in [0.29, 0.717) is 5.56 Å². The predicted octanol–water partition coefficient (Wildman–Crippen LogP) is 2.98. The number of carbonyl (C=O) groups excluding carboxylic acids is 1. The molecule has 0 heterocycles. The molecule has 0 fully saturated rings. The van der Waals surface area contributed by atoms with Crippen molar-refractivity contribution in [2.75, 3.05) is 5.73 Å². The Morgan fingerprint density at radius 2 is 1.94 bits per heavy atom. The number of hydrogen-bond donors (Lipinski definition) is 1. The number of anilines is 1. The first-order valence-electron chi connectivity index (χ1n) is 5.45. The molecule has 0 atom stereocenters. The van der Waals surface area contributed by atoms with Crippen LogP contribution in [0.1, 0.15) is 27.0 Å². The van der Waals surface area contributed by atoms with Crippen LogP contribution in [0.25, 0.3) is 11.6 Å². The van der Waals surface area contributed by atoms with Crippen LogP contribution >= 0.6 is 0 Å². The minimum atomic E-state index is 0.714. The van der Waals surface area contributed by atoms with Crippen molar-refractivity contribution in [3.63, 3.8) is 0 Å². The van der Waals surface area contributed by atoms with Crippen LogP contribution in [-0.4, -0.2) is 6.29 Å². The molecule has 0 spiro atoms. The molecule has 0 unspecified atom stereocenters. The number of nitrogen functional groups attached to an aromatic ring is 1. The zero-order valence-electron chi connectivity index (χ0n) is 9.18. The number of aldehydes is 1. The molecule has 0 aromatic heterocycles. The average molecular weight is 221 g/mol. The fraction of sp³-hybridized carbons (Fsp3) is 0. The summed E-state index contributed by atoms with van der Waals surface area (Å²) < 4.78 is 0. The fourth-order valence-electron chi connectivity index (χ4n) is 2.12. The summed E-state index contributed by atoms with van der Waals surface area (Å²) in [7, 11) is 0. The molecule has 2 N–H and O–H groups in total. The molecule has 2 nitrogen and oxygen atoms in total. The van der Waals surface area contributed by atoms with Crippen LogP contribution in [-0.2, 0) is 0 Å². The Kier molecular flexibility index (Phi) is 2.08. The van der Waals surface area contributed by atoms with Crippen LogP contribution in [0.3, 0.4) is 0 Å². The third-order valence-corrected chi connectivity index (χ3v) is 3.00. The van der Waals surface area contributed by atoms with Crippen LogP contribution in [0, 0.1) is 0 Å². The predicted molar refractivity (Wildman–Crippen MR) is 69.7 cm³/mol. The number of carbonyl (C=O) groups is 1. The third-order valence-electron chi connectivity index (χ3n) is 3.00. The largest absolute Gasteiger partial charge is 0.399 e. The first-order valence-corrected chi connectivity index (χ1v) is 5.45. The summed E-state index contributed by atoms with van der Waals surface area (Å²) in [5, 5.41) is 0. The van der Waals surface area contributed by atoms with Gasteiger partial charge in [-0.15, -0.1) is 0 Å². The van der Waals surface area contributed by atoms with Crippen molar-refractivity contribution in [1.29, 1.82) is 0 Å². The summed E-state index contributed by atoms with van der Waals surface area (Å²) in [6, 6.07) is 13.5. The van der Waals surface area contributed by atoms with Crippen LogP contribution in [0.2, 0.25) is 0 Å². The Labute approximate surface area is 99.4 Å². The van der Waals surface area contributed by atoms with Gasteiger partial charge in [0.25, 0.3) is 0 Å². The second kappa shape index (κ2) is 3.59. The van der Waals surface area contributed by atoms with Gasteiger partial charge in [-0.1, -0.05) is 24.3 Å². The van der Waals surface area contributed by atoms with Crippen LogP contribution in [0.15, 0.2) is 42.5 Å². The SMILES string of the molecule is Nc1cccc(C2=Cc3cc(C=O)ccc32)c1. The van der Waals surface area contributed by atoms with E-state index in [1.54, 1.807) is 0 Å². The summed E-state index contributed by atoms with van der Waals surface area (Å²) >= 11 is 0. The number of nitrogens with two attached hydrogens (primary N) is 1. The van der Waals surface area contributed by atoms with Gasteiger partial charge in [0.15, 0.2) is 0 Å². The Morgan fingerprint density at radius 3 is 2.65 bits per heavy atom. The summed E-state index contributed by atoms with van der Waals surface area (Å²) in [4.78, 5) is 10.7. The topological polar surface area (TPSA) is 43.1 Å². The highest BCUT2D eigenvalue weighted by Gasteiger charge is 2.17. The van der Waals surface area contributed by atoms with Gasteiger partial charge >= 0.3 is 0 Å². The Hall–Kier alpha value is -2.35. The summed E-state index contributed by atoms with van der Waals surface area (Å²) in [6.45, 7) is 0. The van der Waals surface area contributed by atoms with Crippen molar-refractivity contribution in [2.24, 2.45) is 0 Å². The maximum absolute atomic E-state index is 10.7. The van der Waals surface area contributed by atoms with E-state index in [1.807, 2.05) is 42.5 Å². The molecule has 0 amide bonds. The van der Waals surface area contributed by atoms with Gasteiger partial charge in [-0.2, -0.15) is 0 Å².